The van der Waals surface area contributed by atoms with Crippen LogP contribution in [0, 0.1) is 0 Å². The van der Waals surface area contributed by atoms with Gasteiger partial charge in [-0.3, -0.25) is 9.79 Å². The monoisotopic (exact) mass is 347 g/mol. The molecular formula is C16H11Cl2N3O2. The molecule has 2 N–H and O–H groups in total. The summed E-state index contributed by atoms with van der Waals surface area (Å²) in [4.78, 5) is 29.1. The second-order valence-corrected chi connectivity index (χ2v) is 5.72. The fourth-order valence-electron chi connectivity index (χ4n) is 2.45. The van der Waals surface area contributed by atoms with Gasteiger partial charge in [-0.2, -0.15) is 0 Å². The summed E-state index contributed by atoms with van der Waals surface area (Å²) in [5, 5.41) is 0.930. The molecule has 0 unspecified atom stereocenters. The average Bonchev–Trinajstić information content (AvgIpc) is 2.64. The van der Waals surface area contributed by atoms with Gasteiger partial charge in [0, 0.05) is 21.2 Å². The van der Waals surface area contributed by atoms with E-state index < -0.39 is 11.9 Å². The van der Waals surface area contributed by atoms with Gasteiger partial charge in [0.2, 0.25) is 0 Å². The number of carbonyl (C=O) groups excluding carboxylic acids is 2. The maximum Gasteiger partial charge on any atom is 0.326 e. The van der Waals surface area contributed by atoms with E-state index in [4.69, 9.17) is 28.9 Å². The lowest BCUT2D eigenvalue weighted by atomic mass is 10.00. The summed E-state index contributed by atoms with van der Waals surface area (Å²) in [6, 6.07) is 11.0. The van der Waals surface area contributed by atoms with Crippen molar-refractivity contribution in [3.8, 4) is 0 Å². The molecule has 0 aliphatic carbocycles. The number of fused-ring (bicyclic) bond motifs is 1. The first-order chi connectivity index (χ1) is 11.0. The molecule has 0 aromatic heterocycles. The predicted octanol–water partition coefficient (Wildman–Crippen LogP) is 3.26. The molecule has 5 nitrogen and oxygen atoms in total. The van der Waals surface area contributed by atoms with Crippen molar-refractivity contribution >= 4 is 46.5 Å². The summed E-state index contributed by atoms with van der Waals surface area (Å²) in [6.07, 6.45) is 0. The quantitative estimate of drug-likeness (QED) is 0.859. The summed E-state index contributed by atoms with van der Waals surface area (Å²) in [6.45, 7) is -0.213. The molecule has 116 valence electrons. The molecule has 0 saturated heterocycles. The SMILES string of the molecule is NC(=O)N1C(=O)CN=C(c2ccccc2Cl)c2cc(Cl)ccc21. The fraction of sp³-hybridized carbons (Fsp3) is 0.0625. The van der Waals surface area contributed by atoms with Gasteiger partial charge in [0.25, 0.3) is 5.91 Å². The summed E-state index contributed by atoms with van der Waals surface area (Å²) < 4.78 is 0. The van der Waals surface area contributed by atoms with Crippen molar-refractivity contribution in [3.05, 3.63) is 63.6 Å². The van der Waals surface area contributed by atoms with Gasteiger partial charge in [-0.25, -0.2) is 9.69 Å². The maximum absolute atomic E-state index is 12.2. The van der Waals surface area contributed by atoms with Crippen molar-refractivity contribution in [2.75, 3.05) is 11.4 Å². The van der Waals surface area contributed by atoms with E-state index in [2.05, 4.69) is 4.99 Å². The number of hydrogen-bond donors (Lipinski definition) is 1. The number of urea groups is 1. The number of rotatable bonds is 1. The third-order valence-corrected chi connectivity index (χ3v) is 3.99. The third kappa shape index (κ3) is 2.81. The van der Waals surface area contributed by atoms with Crippen molar-refractivity contribution in [2.24, 2.45) is 10.7 Å². The Hall–Kier alpha value is -2.37. The number of hydrogen-bond acceptors (Lipinski definition) is 3. The first-order valence-corrected chi connectivity index (χ1v) is 7.46. The Morgan fingerprint density at radius 1 is 1.13 bits per heavy atom. The first-order valence-electron chi connectivity index (χ1n) is 6.70. The van der Waals surface area contributed by atoms with Crippen molar-refractivity contribution in [1.82, 2.24) is 0 Å². The minimum atomic E-state index is -0.866. The third-order valence-electron chi connectivity index (χ3n) is 3.43. The Morgan fingerprint density at radius 2 is 1.87 bits per heavy atom. The molecule has 1 aliphatic heterocycles. The standard InChI is InChI=1S/C16H11Cl2N3O2/c17-9-5-6-13-11(7-9)15(10-3-1-2-4-12(10)18)20-8-14(22)21(13)16(19)23/h1-7H,8H2,(H2,19,23). The summed E-state index contributed by atoms with van der Waals surface area (Å²) >= 11 is 12.3. The number of aliphatic imine (C=N–C) groups is 1. The van der Waals surface area contributed by atoms with Crippen LogP contribution in [0.1, 0.15) is 11.1 Å². The smallest absolute Gasteiger partial charge is 0.326 e. The van der Waals surface area contributed by atoms with Gasteiger partial charge in [0.1, 0.15) is 6.54 Å². The molecule has 0 fully saturated rings. The number of nitrogens with zero attached hydrogens (tertiary/aromatic N) is 2. The van der Waals surface area contributed by atoms with Crippen LogP contribution in [0.3, 0.4) is 0 Å². The number of benzene rings is 2. The van der Waals surface area contributed by atoms with Crippen molar-refractivity contribution in [2.45, 2.75) is 0 Å². The highest BCUT2D eigenvalue weighted by atomic mass is 35.5. The molecule has 0 bridgehead atoms. The Labute approximate surface area is 142 Å². The second kappa shape index (κ2) is 6.02. The minimum Gasteiger partial charge on any atom is -0.351 e. The molecule has 0 atom stereocenters. The second-order valence-electron chi connectivity index (χ2n) is 4.87. The molecule has 23 heavy (non-hydrogen) atoms. The average molecular weight is 348 g/mol. The van der Waals surface area contributed by atoms with Gasteiger partial charge in [0.05, 0.1) is 11.4 Å². The summed E-state index contributed by atoms with van der Waals surface area (Å²) in [7, 11) is 0. The molecule has 1 heterocycles. The fourth-order valence-corrected chi connectivity index (χ4v) is 2.85. The Morgan fingerprint density at radius 3 is 2.57 bits per heavy atom. The molecule has 0 saturated carbocycles. The van der Waals surface area contributed by atoms with Crippen molar-refractivity contribution < 1.29 is 9.59 Å². The highest BCUT2D eigenvalue weighted by molar-refractivity contribution is 6.37. The lowest BCUT2D eigenvalue weighted by molar-refractivity contribution is -0.116. The van der Waals surface area contributed by atoms with Gasteiger partial charge in [-0.1, -0.05) is 41.4 Å². The number of amides is 3. The van der Waals surface area contributed by atoms with E-state index in [1.807, 2.05) is 6.07 Å². The molecule has 3 rings (SSSR count). The maximum atomic E-state index is 12.2. The van der Waals surface area contributed by atoms with E-state index in [1.165, 1.54) is 0 Å². The number of benzodiazepines with no additional fused rings is 1. The summed E-state index contributed by atoms with van der Waals surface area (Å²) in [5.74, 6) is -0.511. The largest absolute Gasteiger partial charge is 0.351 e. The Bertz CT molecular complexity index is 849. The van der Waals surface area contributed by atoms with Crippen LogP contribution >= 0.6 is 23.2 Å². The number of nitrogens with two attached hydrogens (primary N) is 1. The van der Waals surface area contributed by atoms with Crippen LogP contribution in [0.2, 0.25) is 10.0 Å². The van der Waals surface area contributed by atoms with E-state index in [0.717, 1.165) is 4.90 Å². The number of carbonyl (C=O) groups is 2. The molecule has 0 radical (unpaired) electrons. The van der Waals surface area contributed by atoms with Gasteiger partial charge < -0.3 is 5.73 Å². The molecule has 3 amide bonds. The number of anilines is 1. The van der Waals surface area contributed by atoms with Gasteiger partial charge in [-0.05, 0) is 24.3 Å². The highest BCUT2D eigenvalue weighted by Gasteiger charge is 2.29. The molecule has 2 aromatic carbocycles. The molecule has 2 aromatic rings. The van der Waals surface area contributed by atoms with Crippen molar-refractivity contribution in [1.29, 1.82) is 0 Å². The van der Waals surface area contributed by atoms with E-state index >= 15 is 0 Å². The zero-order valence-electron chi connectivity index (χ0n) is 11.8. The lowest BCUT2D eigenvalue weighted by Gasteiger charge is -2.19. The summed E-state index contributed by atoms with van der Waals surface area (Å²) in [5.41, 5.74) is 7.35. The van der Waals surface area contributed by atoms with Crippen LogP contribution in [0.4, 0.5) is 10.5 Å². The zero-order valence-corrected chi connectivity index (χ0v) is 13.3. The Balaban J connectivity index is 2.28. The van der Waals surface area contributed by atoms with Crippen LogP contribution in [0.15, 0.2) is 47.5 Å². The first kappa shape index (κ1) is 15.5. The van der Waals surface area contributed by atoms with Gasteiger partial charge >= 0.3 is 6.03 Å². The van der Waals surface area contributed by atoms with Crippen LogP contribution in [0.5, 0.6) is 0 Å². The zero-order chi connectivity index (χ0) is 16.6. The molecular weight excluding hydrogens is 337 g/mol. The van der Waals surface area contributed by atoms with E-state index in [-0.39, 0.29) is 6.54 Å². The van der Waals surface area contributed by atoms with Crippen LogP contribution < -0.4 is 10.6 Å². The minimum absolute atomic E-state index is 0.213. The normalized spacial score (nSPS) is 14.1. The van der Waals surface area contributed by atoms with Crippen LogP contribution in [-0.2, 0) is 4.79 Å². The highest BCUT2D eigenvalue weighted by Crippen LogP contribution is 2.31. The lowest BCUT2D eigenvalue weighted by Crippen LogP contribution is -2.42. The predicted molar refractivity (Wildman–Crippen MR) is 90.5 cm³/mol. The number of primary amides is 1. The molecule has 1 aliphatic rings. The van der Waals surface area contributed by atoms with E-state index in [9.17, 15) is 9.59 Å². The van der Waals surface area contributed by atoms with E-state index in [0.29, 0.717) is 32.6 Å². The molecule has 0 spiro atoms. The molecule has 7 heteroatoms. The topological polar surface area (TPSA) is 75.8 Å². The Kier molecular flexibility index (Phi) is 4.07. The van der Waals surface area contributed by atoms with Crippen molar-refractivity contribution in [3.63, 3.8) is 0 Å². The number of imide groups is 1. The van der Waals surface area contributed by atoms with Crippen LogP contribution in [-0.4, -0.2) is 24.2 Å². The van der Waals surface area contributed by atoms with Gasteiger partial charge in [0.15, 0.2) is 0 Å². The van der Waals surface area contributed by atoms with Gasteiger partial charge in [-0.15, -0.1) is 0 Å². The number of halogens is 2. The van der Waals surface area contributed by atoms with Crippen LogP contribution in [0.25, 0.3) is 0 Å². The van der Waals surface area contributed by atoms with E-state index in [1.54, 1.807) is 36.4 Å².